The molecule has 0 saturated carbocycles. The number of aliphatic carboxylic acids is 1. The molecular formula is C20H22N2O8S2. The standard InChI is InChI=1S/C20H22N2O8S2/c1-12(23)30-8-14-9-31-19-20(29-2,18(27)22(19)16(14)17(25)26)21-15(24)11-32(28)10-13-6-4-3-5-7-13/h3-7,19H,8-11H2,1-2H3,(H,21,24)(H,25,26)/t19-,20-,32?/m0/s1. The molecule has 12 heteroatoms. The quantitative estimate of drug-likeness (QED) is 0.218. The van der Waals surface area contributed by atoms with Gasteiger partial charge in [0.15, 0.2) is 5.75 Å². The zero-order valence-electron chi connectivity index (χ0n) is 17.4. The predicted octanol–water partition coefficient (Wildman–Crippen LogP) is 0.211. The summed E-state index contributed by atoms with van der Waals surface area (Å²) in [6, 6.07) is 9.03. The van der Waals surface area contributed by atoms with Crippen LogP contribution in [0.3, 0.4) is 0 Å². The highest BCUT2D eigenvalue weighted by atomic mass is 32.2. The Hall–Kier alpha value is -2.54. The van der Waals surface area contributed by atoms with Crippen molar-refractivity contribution in [2.24, 2.45) is 0 Å². The van der Waals surface area contributed by atoms with Gasteiger partial charge in [-0.05, 0) is 11.2 Å². The molecule has 10 nitrogen and oxygen atoms in total. The van der Waals surface area contributed by atoms with Crippen LogP contribution >= 0.6 is 11.8 Å². The van der Waals surface area contributed by atoms with Gasteiger partial charge >= 0.3 is 11.9 Å². The number of benzene rings is 1. The highest BCUT2D eigenvalue weighted by molar-refractivity contribution is 8.00. The minimum atomic E-state index is -1.77. The van der Waals surface area contributed by atoms with E-state index in [-0.39, 0.29) is 35.1 Å². The average Bonchev–Trinajstić information content (AvgIpc) is 2.75. The first kappa shape index (κ1) is 24.1. The Morgan fingerprint density at radius 1 is 1.34 bits per heavy atom. The number of esters is 1. The molecule has 0 aromatic heterocycles. The Bertz CT molecular complexity index is 954. The van der Waals surface area contributed by atoms with E-state index in [0.29, 0.717) is 0 Å². The SMILES string of the molecule is CO[C@@]1(NC(=O)C[S+]([O-])Cc2ccccc2)C(=O)N2C(C(=O)O)=C(COC(C)=O)CS[C@H]21. The van der Waals surface area contributed by atoms with Gasteiger partial charge in [0.25, 0.3) is 17.5 Å². The number of nitrogens with one attached hydrogen (secondary N) is 1. The number of methoxy groups -OCH3 is 1. The molecule has 1 aromatic rings. The van der Waals surface area contributed by atoms with E-state index < -0.39 is 46.0 Å². The smallest absolute Gasteiger partial charge is 0.352 e. The summed E-state index contributed by atoms with van der Waals surface area (Å²) in [6.07, 6.45) is 0. The molecule has 2 aliphatic rings. The molecule has 3 rings (SSSR count). The fraction of sp³-hybridized carbons (Fsp3) is 0.400. The van der Waals surface area contributed by atoms with Crippen molar-refractivity contribution in [1.82, 2.24) is 10.2 Å². The number of carboxylic acid groups (broad SMARTS) is 1. The van der Waals surface area contributed by atoms with Gasteiger partial charge in [-0.1, -0.05) is 30.3 Å². The monoisotopic (exact) mass is 482 g/mol. The molecule has 0 bridgehead atoms. The summed E-state index contributed by atoms with van der Waals surface area (Å²) >= 11 is -0.345. The fourth-order valence-electron chi connectivity index (χ4n) is 3.44. The van der Waals surface area contributed by atoms with E-state index in [1.165, 1.54) is 25.8 Å². The highest BCUT2D eigenvalue weighted by Gasteiger charge is 2.66. The summed E-state index contributed by atoms with van der Waals surface area (Å²) in [6.45, 7) is 0.938. The maximum atomic E-state index is 13.0. The lowest BCUT2D eigenvalue weighted by Gasteiger charge is -2.55. The van der Waals surface area contributed by atoms with Crippen molar-refractivity contribution in [3.05, 3.63) is 47.2 Å². The summed E-state index contributed by atoms with van der Waals surface area (Å²) in [5, 5.41) is 11.3. The average molecular weight is 483 g/mol. The van der Waals surface area contributed by atoms with Gasteiger partial charge in [-0.3, -0.25) is 19.3 Å². The number of carboxylic acids is 1. The Morgan fingerprint density at radius 2 is 2.03 bits per heavy atom. The van der Waals surface area contributed by atoms with E-state index in [0.717, 1.165) is 10.5 Å². The molecular weight excluding hydrogens is 460 g/mol. The van der Waals surface area contributed by atoms with Gasteiger partial charge in [0.1, 0.15) is 23.4 Å². The van der Waals surface area contributed by atoms with Crippen molar-refractivity contribution in [3.63, 3.8) is 0 Å². The second-order valence-electron chi connectivity index (χ2n) is 7.08. The third-order valence-electron chi connectivity index (χ3n) is 4.87. The zero-order valence-corrected chi connectivity index (χ0v) is 19.0. The molecule has 2 amide bonds. The normalized spacial score (nSPS) is 23.2. The first-order valence-electron chi connectivity index (χ1n) is 9.48. The number of carbonyl (C=O) groups is 4. The molecule has 2 heterocycles. The molecule has 172 valence electrons. The Kier molecular flexibility index (Phi) is 7.49. The van der Waals surface area contributed by atoms with Crippen LogP contribution < -0.4 is 5.32 Å². The van der Waals surface area contributed by atoms with Crippen LogP contribution in [0.1, 0.15) is 12.5 Å². The van der Waals surface area contributed by atoms with Gasteiger partial charge in [-0.15, -0.1) is 11.8 Å². The molecule has 3 atom stereocenters. The number of thioether (sulfide) groups is 1. The van der Waals surface area contributed by atoms with Crippen LogP contribution in [0.25, 0.3) is 0 Å². The van der Waals surface area contributed by atoms with E-state index in [9.17, 15) is 28.8 Å². The van der Waals surface area contributed by atoms with Crippen LogP contribution in [0.2, 0.25) is 0 Å². The molecule has 1 unspecified atom stereocenters. The van der Waals surface area contributed by atoms with Crippen LogP contribution in [-0.2, 0) is 45.6 Å². The van der Waals surface area contributed by atoms with Gasteiger partial charge < -0.3 is 24.4 Å². The van der Waals surface area contributed by atoms with Crippen LogP contribution in [0, 0.1) is 0 Å². The lowest BCUT2D eigenvalue weighted by molar-refractivity contribution is -0.192. The Balaban J connectivity index is 1.71. The summed E-state index contributed by atoms with van der Waals surface area (Å²) in [5.74, 6) is -3.36. The first-order valence-corrected chi connectivity index (χ1v) is 12.0. The second-order valence-corrected chi connectivity index (χ2v) is 9.60. The van der Waals surface area contributed by atoms with Gasteiger partial charge in [0.2, 0.25) is 0 Å². The lowest BCUT2D eigenvalue weighted by atomic mass is 9.98. The number of hydrogen-bond acceptors (Lipinski definition) is 8. The number of amides is 2. The van der Waals surface area contributed by atoms with E-state index in [2.05, 4.69) is 5.32 Å². The maximum Gasteiger partial charge on any atom is 0.352 e. The summed E-state index contributed by atoms with van der Waals surface area (Å²) < 4.78 is 22.6. The van der Waals surface area contributed by atoms with Crippen LogP contribution in [0.15, 0.2) is 41.6 Å². The maximum absolute atomic E-state index is 13.0. The predicted molar refractivity (Wildman–Crippen MR) is 115 cm³/mol. The van der Waals surface area contributed by atoms with Crippen molar-refractivity contribution < 1.29 is 38.3 Å². The Labute approximate surface area is 191 Å². The molecule has 1 fully saturated rings. The van der Waals surface area contributed by atoms with Gasteiger partial charge in [-0.2, -0.15) is 0 Å². The molecule has 0 aliphatic carbocycles. The number of β-lactam (4-membered cyclic amide) rings is 1. The van der Waals surface area contributed by atoms with Gasteiger partial charge in [-0.25, -0.2) is 4.79 Å². The second kappa shape index (κ2) is 9.94. The minimum Gasteiger partial charge on any atom is -0.616 e. The number of fused-ring (bicyclic) bond motifs is 1. The van der Waals surface area contributed by atoms with Crippen molar-refractivity contribution in [3.8, 4) is 0 Å². The molecule has 1 saturated heterocycles. The van der Waals surface area contributed by atoms with Crippen LogP contribution in [0.5, 0.6) is 0 Å². The van der Waals surface area contributed by atoms with Crippen molar-refractivity contribution in [2.45, 2.75) is 23.8 Å². The topological polar surface area (TPSA) is 145 Å². The van der Waals surface area contributed by atoms with Crippen molar-refractivity contribution >= 4 is 46.7 Å². The molecule has 0 spiro atoms. The minimum absolute atomic E-state index is 0.157. The van der Waals surface area contributed by atoms with Crippen molar-refractivity contribution in [1.29, 1.82) is 0 Å². The first-order chi connectivity index (χ1) is 15.2. The van der Waals surface area contributed by atoms with Gasteiger partial charge in [0.05, 0.1) is 0 Å². The lowest BCUT2D eigenvalue weighted by Crippen LogP contribution is -2.81. The van der Waals surface area contributed by atoms with Gasteiger partial charge in [0, 0.05) is 30.9 Å². The van der Waals surface area contributed by atoms with Crippen LogP contribution in [-0.4, -0.2) is 74.6 Å². The number of hydrogen-bond donors (Lipinski definition) is 2. The third kappa shape index (κ3) is 4.77. The van der Waals surface area contributed by atoms with E-state index in [1.807, 2.05) is 6.07 Å². The van der Waals surface area contributed by atoms with E-state index >= 15 is 0 Å². The zero-order chi connectivity index (χ0) is 23.5. The van der Waals surface area contributed by atoms with Crippen LogP contribution in [0.4, 0.5) is 0 Å². The largest absolute Gasteiger partial charge is 0.616 e. The fourth-order valence-corrected chi connectivity index (χ4v) is 5.89. The third-order valence-corrected chi connectivity index (χ3v) is 7.48. The highest BCUT2D eigenvalue weighted by Crippen LogP contribution is 2.46. The number of ether oxygens (including phenoxy) is 2. The molecule has 1 aromatic carbocycles. The number of carbonyl (C=O) groups excluding carboxylic acids is 3. The van der Waals surface area contributed by atoms with E-state index in [1.54, 1.807) is 24.3 Å². The molecule has 2 N–H and O–H groups in total. The summed E-state index contributed by atoms with van der Waals surface area (Å²) in [7, 11) is 1.23. The molecule has 0 radical (unpaired) electrons. The Morgan fingerprint density at radius 3 is 2.62 bits per heavy atom. The van der Waals surface area contributed by atoms with E-state index in [4.69, 9.17) is 9.47 Å². The summed E-state index contributed by atoms with van der Waals surface area (Å²) in [5.41, 5.74) is -0.992. The summed E-state index contributed by atoms with van der Waals surface area (Å²) in [4.78, 5) is 49.4. The van der Waals surface area contributed by atoms with Crippen molar-refractivity contribution in [2.75, 3.05) is 25.2 Å². The number of rotatable bonds is 9. The molecule has 2 aliphatic heterocycles. The molecule has 32 heavy (non-hydrogen) atoms. The number of nitrogens with zero attached hydrogens (tertiary/aromatic N) is 1.